The Kier molecular flexibility index (Phi) is 6.80. The topological polar surface area (TPSA) is 93.3 Å². The van der Waals surface area contributed by atoms with E-state index in [4.69, 9.17) is 33.9 Å². The van der Waals surface area contributed by atoms with Crippen LogP contribution in [0, 0.1) is 12.3 Å². The third kappa shape index (κ3) is 4.41. The summed E-state index contributed by atoms with van der Waals surface area (Å²) in [6.45, 7) is 3.32. The van der Waals surface area contributed by atoms with Gasteiger partial charge in [-0.2, -0.15) is 0 Å². The van der Waals surface area contributed by atoms with Gasteiger partial charge in [0.1, 0.15) is 11.6 Å². The first-order chi connectivity index (χ1) is 17.2. The second-order valence-electron chi connectivity index (χ2n) is 9.41. The summed E-state index contributed by atoms with van der Waals surface area (Å²) in [6.07, 6.45) is 2.71. The highest BCUT2D eigenvalue weighted by molar-refractivity contribution is 8.13. The van der Waals surface area contributed by atoms with Crippen LogP contribution in [0.2, 0.25) is 10.0 Å². The summed E-state index contributed by atoms with van der Waals surface area (Å²) in [5.41, 5.74) is 9.48. The van der Waals surface area contributed by atoms with Crippen LogP contribution in [-0.2, 0) is 6.42 Å². The average molecular weight is 545 g/mol. The van der Waals surface area contributed by atoms with Crippen LogP contribution in [-0.4, -0.2) is 34.9 Å². The van der Waals surface area contributed by atoms with Crippen LogP contribution < -0.4 is 21.5 Å². The Balaban J connectivity index is 1.34. The molecule has 36 heavy (non-hydrogen) atoms. The predicted molar refractivity (Wildman–Crippen MR) is 146 cm³/mol. The highest BCUT2D eigenvalue weighted by Gasteiger charge is 2.46. The number of nitrogens with two attached hydrogens (primary N) is 1. The summed E-state index contributed by atoms with van der Waals surface area (Å²) >= 11 is 13.7. The van der Waals surface area contributed by atoms with Gasteiger partial charge in [-0.15, -0.1) is 0 Å². The Labute approximate surface area is 224 Å². The van der Waals surface area contributed by atoms with Crippen LogP contribution in [0.5, 0.6) is 0 Å². The number of halogens is 2. The molecule has 0 radical (unpaired) electrons. The third-order valence-corrected chi connectivity index (χ3v) is 9.09. The number of aromatic nitrogens is 2. The fraction of sp³-hybridized carbons (Fsp3) is 0.346. The second-order valence-corrected chi connectivity index (χ2v) is 11.2. The number of nitrogens with zero attached hydrogens (tertiary/aromatic N) is 3. The fourth-order valence-corrected chi connectivity index (χ4v) is 6.45. The Morgan fingerprint density at radius 2 is 1.94 bits per heavy atom. The van der Waals surface area contributed by atoms with E-state index in [9.17, 15) is 9.59 Å². The molecule has 1 amide bonds. The number of anilines is 1. The van der Waals surface area contributed by atoms with Crippen molar-refractivity contribution in [2.45, 2.75) is 37.1 Å². The van der Waals surface area contributed by atoms with Gasteiger partial charge in [0, 0.05) is 37.1 Å². The summed E-state index contributed by atoms with van der Waals surface area (Å²) in [4.78, 5) is 32.7. The zero-order valence-electron chi connectivity index (χ0n) is 20.1. The number of carbonyl (C=O) groups excluding carboxylic acids is 1. The molecule has 0 unspecified atom stereocenters. The number of fused-ring (bicyclic) bond motifs is 1. The summed E-state index contributed by atoms with van der Waals surface area (Å²) in [5.74, 6) is 1.21. The van der Waals surface area contributed by atoms with Gasteiger partial charge in [-0.25, -0.2) is 4.98 Å². The maximum atomic E-state index is 13.1. The normalized spacial score (nSPS) is 18.4. The van der Waals surface area contributed by atoms with Gasteiger partial charge in [0.2, 0.25) is 0 Å². The van der Waals surface area contributed by atoms with Gasteiger partial charge in [-0.05, 0) is 78.8 Å². The van der Waals surface area contributed by atoms with Gasteiger partial charge < -0.3 is 16.0 Å². The molecule has 188 valence electrons. The standard InChI is InChI=1S/C26H27Cl2N5O2S/c1-15-31-21(13-22(34)33(15)20-5-3-4-19(27)23(20)28)32-10-8-26(9-11-32)14-16-6-7-17(36-25(35)30-2)12-18(16)24(26)29/h3-7,12-13,24H,8-11,14,29H2,1-2H3,(H,30,35)/t24-/m1/s1. The Hall–Kier alpha value is -2.52. The zero-order valence-corrected chi connectivity index (χ0v) is 22.4. The summed E-state index contributed by atoms with van der Waals surface area (Å²) in [7, 11) is 1.63. The number of hydrogen-bond acceptors (Lipinski definition) is 6. The van der Waals surface area contributed by atoms with Crippen molar-refractivity contribution >= 4 is 46.0 Å². The minimum absolute atomic E-state index is 0.0342. The molecule has 1 saturated heterocycles. The van der Waals surface area contributed by atoms with Crippen LogP contribution in [0.25, 0.3) is 5.69 Å². The Bertz CT molecular complexity index is 1400. The number of carbonyl (C=O) groups is 1. The van der Waals surface area contributed by atoms with Crippen LogP contribution in [0.1, 0.15) is 35.8 Å². The van der Waals surface area contributed by atoms with Crippen LogP contribution >= 0.6 is 35.0 Å². The van der Waals surface area contributed by atoms with Crippen molar-refractivity contribution < 1.29 is 4.79 Å². The minimum atomic E-state index is -0.201. The van der Waals surface area contributed by atoms with Crippen molar-refractivity contribution in [3.63, 3.8) is 0 Å². The first-order valence-corrected chi connectivity index (χ1v) is 13.4. The monoisotopic (exact) mass is 543 g/mol. The molecule has 10 heteroatoms. The molecule has 1 fully saturated rings. The molecule has 0 saturated carbocycles. The number of rotatable bonds is 3. The molecule has 2 aromatic carbocycles. The number of piperidine rings is 1. The van der Waals surface area contributed by atoms with Gasteiger partial charge in [-0.1, -0.05) is 35.3 Å². The van der Waals surface area contributed by atoms with E-state index in [2.05, 4.69) is 22.3 Å². The summed E-state index contributed by atoms with van der Waals surface area (Å²) in [5, 5.41) is 3.26. The van der Waals surface area contributed by atoms with Crippen molar-refractivity contribution in [3.05, 3.63) is 79.8 Å². The minimum Gasteiger partial charge on any atom is -0.356 e. The van der Waals surface area contributed by atoms with E-state index in [-0.39, 0.29) is 22.3 Å². The fourth-order valence-electron chi connectivity index (χ4n) is 5.44. The third-order valence-electron chi connectivity index (χ3n) is 7.40. The lowest BCUT2D eigenvalue weighted by Gasteiger charge is -2.42. The Morgan fingerprint density at radius 3 is 2.64 bits per heavy atom. The molecule has 1 atom stereocenters. The molecule has 2 aliphatic rings. The van der Waals surface area contributed by atoms with E-state index >= 15 is 0 Å². The van der Waals surface area contributed by atoms with Crippen molar-refractivity contribution in [2.75, 3.05) is 25.0 Å². The van der Waals surface area contributed by atoms with E-state index in [0.29, 0.717) is 27.4 Å². The van der Waals surface area contributed by atoms with Gasteiger partial charge in [0.05, 0.1) is 15.7 Å². The van der Waals surface area contributed by atoms with E-state index in [0.717, 1.165) is 42.8 Å². The Morgan fingerprint density at radius 1 is 1.19 bits per heavy atom. The lowest BCUT2D eigenvalue weighted by Crippen LogP contribution is -2.45. The average Bonchev–Trinajstić information content (AvgIpc) is 3.12. The summed E-state index contributed by atoms with van der Waals surface area (Å²) < 4.78 is 1.49. The molecule has 1 aliphatic heterocycles. The predicted octanol–water partition coefficient (Wildman–Crippen LogP) is 5.12. The van der Waals surface area contributed by atoms with Crippen molar-refractivity contribution in [2.24, 2.45) is 11.1 Å². The molecule has 5 rings (SSSR count). The molecular formula is C26H27Cl2N5O2S. The largest absolute Gasteiger partial charge is 0.356 e. The van der Waals surface area contributed by atoms with Crippen molar-refractivity contribution in [3.8, 4) is 5.69 Å². The molecule has 1 spiro atoms. The van der Waals surface area contributed by atoms with Gasteiger partial charge in [0.15, 0.2) is 0 Å². The molecular weight excluding hydrogens is 517 g/mol. The maximum absolute atomic E-state index is 13.1. The smallest absolute Gasteiger partial charge is 0.283 e. The van der Waals surface area contributed by atoms with Crippen molar-refractivity contribution in [1.29, 1.82) is 0 Å². The SMILES string of the molecule is CNC(=O)Sc1ccc2c(c1)[C@@H](N)C1(CCN(c3cc(=O)n(-c4cccc(Cl)c4Cl)c(C)n3)CC1)C2. The molecule has 7 nitrogen and oxygen atoms in total. The second kappa shape index (κ2) is 9.74. The molecule has 3 aromatic rings. The van der Waals surface area contributed by atoms with E-state index in [1.807, 2.05) is 6.07 Å². The molecule has 0 bridgehead atoms. The number of benzene rings is 2. The number of thioether (sulfide) groups is 1. The van der Waals surface area contributed by atoms with Crippen molar-refractivity contribution in [1.82, 2.24) is 14.9 Å². The van der Waals surface area contributed by atoms with Gasteiger partial charge in [-0.3, -0.25) is 14.2 Å². The van der Waals surface area contributed by atoms with Gasteiger partial charge in [0.25, 0.3) is 10.8 Å². The highest BCUT2D eigenvalue weighted by Crippen LogP contribution is 2.51. The van der Waals surface area contributed by atoms with Gasteiger partial charge >= 0.3 is 0 Å². The quantitative estimate of drug-likeness (QED) is 0.445. The number of hydrogen-bond donors (Lipinski definition) is 2. The number of amides is 1. The first kappa shape index (κ1) is 25.1. The molecule has 1 aromatic heterocycles. The van der Waals surface area contributed by atoms with Crippen LogP contribution in [0.3, 0.4) is 0 Å². The zero-order chi connectivity index (χ0) is 25.6. The highest BCUT2D eigenvalue weighted by atomic mass is 35.5. The number of aryl methyl sites for hydroxylation is 1. The number of nitrogens with one attached hydrogen (secondary N) is 1. The molecule has 3 N–H and O–H groups in total. The summed E-state index contributed by atoms with van der Waals surface area (Å²) in [6, 6.07) is 12.8. The van der Waals surface area contributed by atoms with E-state index in [1.165, 1.54) is 21.9 Å². The lowest BCUT2D eigenvalue weighted by atomic mass is 9.73. The first-order valence-electron chi connectivity index (χ1n) is 11.8. The van der Waals surface area contributed by atoms with Crippen LogP contribution in [0.4, 0.5) is 10.6 Å². The van der Waals surface area contributed by atoms with E-state index < -0.39 is 0 Å². The molecule has 2 heterocycles. The maximum Gasteiger partial charge on any atom is 0.283 e. The van der Waals surface area contributed by atoms with Crippen LogP contribution in [0.15, 0.2) is 52.2 Å². The molecule has 1 aliphatic carbocycles. The van der Waals surface area contributed by atoms with E-state index in [1.54, 1.807) is 38.2 Å². The lowest BCUT2D eigenvalue weighted by molar-refractivity contribution is 0.187.